The number of benzene rings is 2. The molecule has 0 aliphatic heterocycles. The first-order valence-corrected chi connectivity index (χ1v) is 8.72. The van der Waals surface area contributed by atoms with E-state index < -0.39 is 6.04 Å². The number of carbonyl (C=O) groups excluding carboxylic acids is 1. The average Bonchev–Trinajstić information content (AvgIpc) is 3.16. The van der Waals surface area contributed by atoms with Crippen molar-refractivity contribution in [1.82, 2.24) is 14.9 Å². The quantitative estimate of drug-likeness (QED) is 0.681. The topological polar surface area (TPSA) is 74.6 Å². The molecule has 3 aromatic rings. The maximum atomic E-state index is 13.2. The summed E-state index contributed by atoms with van der Waals surface area (Å²) >= 11 is 0. The molecule has 0 saturated carbocycles. The van der Waals surface area contributed by atoms with Gasteiger partial charge in [-0.1, -0.05) is 24.3 Å². The van der Waals surface area contributed by atoms with Crippen molar-refractivity contribution in [3.8, 4) is 17.2 Å². The minimum atomic E-state index is -0.514. The van der Waals surface area contributed by atoms with Crippen molar-refractivity contribution in [2.45, 2.75) is 6.04 Å². The Morgan fingerprint density at radius 3 is 2.36 bits per heavy atom. The lowest BCUT2D eigenvalue weighted by Gasteiger charge is -2.22. The molecule has 3 rings (SSSR count). The highest BCUT2D eigenvalue weighted by Gasteiger charge is 2.26. The number of imidazole rings is 1. The second-order valence-electron chi connectivity index (χ2n) is 6.09. The number of nitrogens with one attached hydrogen (secondary N) is 1. The monoisotopic (exact) mass is 381 g/mol. The number of ether oxygens (including phenoxy) is 3. The van der Waals surface area contributed by atoms with E-state index in [0.29, 0.717) is 28.6 Å². The standard InChI is InChI=1S/C21H23N3O4/c1-24-13-12-22-20(24)18(14-8-5-6-10-16(14)26-2)23-21(25)15-9-7-11-17(27-3)19(15)28-4/h5-13,18H,1-4H3,(H,23,25). The van der Waals surface area contributed by atoms with Crippen LogP contribution in [0.15, 0.2) is 54.9 Å². The highest BCUT2D eigenvalue weighted by Crippen LogP contribution is 2.33. The molecule has 0 aliphatic rings. The molecule has 146 valence electrons. The molecular weight excluding hydrogens is 358 g/mol. The molecule has 0 aliphatic carbocycles. The van der Waals surface area contributed by atoms with E-state index >= 15 is 0 Å². The van der Waals surface area contributed by atoms with E-state index in [1.807, 2.05) is 42.1 Å². The normalized spacial score (nSPS) is 11.6. The first-order chi connectivity index (χ1) is 13.6. The molecule has 1 atom stereocenters. The van der Waals surface area contributed by atoms with Gasteiger partial charge in [0.05, 0.1) is 26.9 Å². The molecule has 28 heavy (non-hydrogen) atoms. The Kier molecular flexibility index (Phi) is 5.84. The molecule has 1 N–H and O–H groups in total. The van der Waals surface area contributed by atoms with Gasteiger partial charge in [0.2, 0.25) is 0 Å². The zero-order chi connectivity index (χ0) is 20.1. The van der Waals surface area contributed by atoms with Crippen LogP contribution in [0.2, 0.25) is 0 Å². The Hall–Kier alpha value is -3.48. The zero-order valence-corrected chi connectivity index (χ0v) is 16.3. The molecule has 0 spiro atoms. The number of amides is 1. The van der Waals surface area contributed by atoms with Crippen LogP contribution in [-0.2, 0) is 7.05 Å². The lowest BCUT2D eigenvalue weighted by molar-refractivity contribution is 0.0937. The molecule has 1 aromatic heterocycles. The second-order valence-corrected chi connectivity index (χ2v) is 6.09. The third kappa shape index (κ3) is 3.64. The van der Waals surface area contributed by atoms with Crippen LogP contribution in [0.4, 0.5) is 0 Å². The number of methoxy groups -OCH3 is 3. The largest absolute Gasteiger partial charge is 0.496 e. The lowest BCUT2D eigenvalue weighted by Crippen LogP contribution is -2.31. The van der Waals surface area contributed by atoms with Gasteiger partial charge < -0.3 is 24.1 Å². The summed E-state index contributed by atoms with van der Waals surface area (Å²) < 4.78 is 18.1. The molecule has 1 heterocycles. The summed E-state index contributed by atoms with van der Waals surface area (Å²) in [5.74, 6) is 1.89. The summed E-state index contributed by atoms with van der Waals surface area (Å²) in [6.45, 7) is 0. The van der Waals surface area contributed by atoms with Crippen LogP contribution < -0.4 is 19.5 Å². The van der Waals surface area contributed by atoms with Crippen LogP contribution in [0.3, 0.4) is 0 Å². The van der Waals surface area contributed by atoms with Gasteiger partial charge in [0.25, 0.3) is 5.91 Å². The lowest BCUT2D eigenvalue weighted by atomic mass is 10.0. The van der Waals surface area contributed by atoms with Gasteiger partial charge in [-0.3, -0.25) is 4.79 Å². The SMILES string of the molecule is COc1ccccc1C(NC(=O)c1cccc(OC)c1OC)c1nccn1C. The van der Waals surface area contributed by atoms with E-state index in [9.17, 15) is 4.79 Å². The van der Waals surface area contributed by atoms with Crippen LogP contribution in [0.5, 0.6) is 17.2 Å². The Bertz CT molecular complexity index is 968. The summed E-state index contributed by atoms with van der Waals surface area (Å²) in [6.07, 6.45) is 3.52. The molecule has 0 radical (unpaired) electrons. The summed E-state index contributed by atoms with van der Waals surface area (Å²) in [7, 11) is 6.51. The Morgan fingerprint density at radius 2 is 1.71 bits per heavy atom. The number of aromatic nitrogens is 2. The van der Waals surface area contributed by atoms with Crippen LogP contribution in [0.1, 0.15) is 27.8 Å². The predicted octanol–water partition coefficient (Wildman–Crippen LogP) is 2.97. The maximum absolute atomic E-state index is 13.2. The minimum absolute atomic E-state index is 0.311. The predicted molar refractivity (Wildman–Crippen MR) is 105 cm³/mol. The number of hydrogen-bond donors (Lipinski definition) is 1. The fourth-order valence-electron chi connectivity index (χ4n) is 3.12. The van der Waals surface area contributed by atoms with E-state index in [-0.39, 0.29) is 5.91 Å². The average molecular weight is 381 g/mol. The Morgan fingerprint density at radius 1 is 1.00 bits per heavy atom. The van der Waals surface area contributed by atoms with Gasteiger partial charge in [0, 0.05) is 25.0 Å². The number of aryl methyl sites for hydroxylation is 1. The van der Waals surface area contributed by atoms with Gasteiger partial charge in [-0.15, -0.1) is 0 Å². The summed E-state index contributed by atoms with van der Waals surface area (Å²) in [4.78, 5) is 17.6. The molecule has 2 aromatic carbocycles. The third-order valence-electron chi connectivity index (χ3n) is 4.49. The molecule has 7 heteroatoms. The number of rotatable bonds is 7. The van der Waals surface area contributed by atoms with Crippen molar-refractivity contribution in [3.63, 3.8) is 0 Å². The fourth-order valence-corrected chi connectivity index (χ4v) is 3.12. The van der Waals surface area contributed by atoms with Crippen molar-refractivity contribution in [2.75, 3.05) is 21.3 Å². The van der Waals surface area contributed by atoms with Gasteiger partial charge in [0.1, 0.15) is 17.6 Å². The molecule has 0 saturated heterocycles. The van der Waals surface area contributed by atoms with Crippen molar-refractivity contribution < 1.29 is 19.0 Å². The number of carbonyl (C=O) groups is 1. The number of hydrogen-bond acceptors (Lipinski definition) is 5. The van der Waals surface area contributed by atoms with Crippen molar-refractivity contribution >= 4 is 5.91 Å². The van der Waals surface area contributed by atoms with Crippen LogP contribution in [-0.4, -0.2) is 36.8 Å². The van der Waals surface area contributed by atoms with Crippen LogP contribution in [0, 0.1) is 0 Å². The molecule has 1 amide bonds. The summed E-state index contributed by atoms with van der Waals surface area (Å²) in [6, 6.07) is 12.2. The van der Waals surface area contributed by atoms with Gasteiger partial charge in [-0.2, -0.15) is 0 Å². The van der Waals surface area contributed by atoms with Crippen molar-refractivity contribution in [1.29, 1.82) is 0 Å². The van der Waals surface area contributed by atoms with Gasteiger partial charge in [-0.25, -0.2) is 4.98 Å². The van der Waals surface area contributed by atoms with Crippen molar-refractivity contribution in [3.05, 3.63) is 71.8 Å². The van der Waals surface area contributed by atoms with Crippen molar-refractivity contribution in [2.24, 2.45) is 7.05 Å². The van der Waals surface area contributed by atoms with Gasteiger partial charge in [-0.05, 0) is 18.2 Å². The molecular formula is C21H23N3O4. The Balaban J connectivity index is 2.04. The summed E-state index contributed by atoms with van der Waals surface area (Å²) in [5.41, 5.74) is 1.17. The smallest absolute Gasteiger partial charge is 0.256 e. The van der Waals surface area contributed by atoms with E-state index in [1.54, 1.807) is 31.5 Å². The van der Waals surface area contributed by atoms with E-state index in [4.69, 9.17) is 14.2 Å². The van der Waals surface area contributed by atoms with E-state index in [2.05, 4.69) is 10.3 Å². The molecule has 0 fully saturated rings. The number of para-hydroxylation sites is 2. The number of nitrogens with zero attached hydrogens (tertiary/aromatic N) is 2. The first kappa shape index (κ1) is 19.3. The second kappa shape index (κ2) is 8.47. The minimum Gasteiger partial charge on any atom is -0.496 e. The van der Waals surface area contributed by atoms with E-state index in [0.717, 1.165) is 5.56 Å². The molecule has 1 unspecified atom stereocenters. The third-order valence-corrected chi connectivity index (χ3v) is 4.49. The van der Waals surface area contributed by atoms with Gasteiger partial charge in [0.15, 0.2) is 11.5 Å². The maximum Gasteiger partial charge on any atom is 0.256 e. The molecule has 0 bridgehead atoms. The van der Waals surface area contributed by atoms with E-state index in [1.165, 1.54) is 14.2 Å². The van der Waals surface area contributed by atoms with Gasteiger partial charge >= 0.3 is 0 Å². The van der Waals surface area contributed by atoms with Crippen LogP contribution in [0.25, 0.3) is 0 Å². The highest BCUT2D eigenvalue weighted by atomic mass is 16.5. The summed E-state index contributed by atoms with van der Waals surface area (Å²) in [5, 5.41) is 3.06. The fraction of sp³-hybridized carbons (Fsp3) is 0.238. The zero-order valence-electron chi connectivity index (χ0n) is 16.3. The highest BCUT2D eigenvalue weighted by molar-refractivity contribution is 5.98. The Labute approximate surface area is 163 Å². The van der Waals surface area contributed by atoms with Crippen LogP contribution >= 0.6 is 0 Å². The first-order valence-electron chi connectivity index (χ1n) is 8.72. The molecule has 7 nitrogen and oxygen atoms in total.